The van der Waals surface area contributed by atoms with Gasteiger partial charge in [0.1, 0.15) is 11.8 Å². The minimum Gasteiger partial charge on any atom is -0.483 e. The number of carbonyl (C=O) groups is 2. The van der Waals surface area contributed by atoms with Crippen LogP contribution in [-0.2, 0) is 9.59 Å². The molecule has 2 N–H and O–H groups in total. The minimum absolute atomic E-state index is 0.0336. The SMILES string of the molecule is Cc1cccc(C)c1OCC(=O)N1C[C@H](O)C[C@H]1C(=O)O. The summed E-state index contributed by atoms with van der Waals surface area (Å²) in [6.07, 6.45) is -0.736. The van der Waals surface area contributed by atoms with Crippen molar-refractivity contribution in [2.24, 2.45) is 0 Å². The molecule has 1 fully saturated rings. The highest BCUT2D eigenvalue weighted by Crippen LogP contribution is 2.23. The predicted octanol–water partition coefficient (Wildman–Crippen LogP) is 0.729. The van der Waals surface area contributed by atoms with Gasteiger partial charge in [-0.15, -0.1) is 0 Å². The largest absolute Gasteiger partial charge is 0.483 e. The van der Waals surface area contributed by atoms with Crippen LogP contribution in [0.2, 0.25) is 0 Å². The monoisotopic (exact) mass is 293 g/mol. The van der Waals surface area contributed by atoms with Gasteiger partial charge in [-0.05, 0) is 25.0 Å². The molecule has 0 bridgehead atoms. The van der Waals surface area contributed by atoms with Gasteiger partial charge < -0.3 is 19.8 Å². The molecule has 6 nitrogen and oxygen atoms in total. The Labute approximate surface area is 122 Å². The zero-order valence-electron chi connectivity index (χ0n) is 12.1. The van der Waals surface area contributed by atoms with Gasteiger partial charge in [-0.3, -0.25) is 4.79 Å². The van der Waals surface area contributed by atoms with Crippen LogP contribution in [0, 0.1) is 13.8 Å². The number of carbonyl (C=O) groups excluding carboxylic acids is 1. The number of aliphatic hydroxyl groups excluding tert-OH is 1. The Morgan fingerprint density at radius 3 is 2.52 bits per heavy atom. The Hall–Kier alpha value is -2.08. The fraction of sp³-hybridized carbons (Fsp3) is 0.467. The third-order valence-corrected chi connectivity index (χ3v) is 3.63. The highest BCUT2D eigenvalue weighted by Gasteiger charge is 2.38. The maximum absolute atomic E-state index is 12.1. The van der Waals surface area contributed by atoms with E-state index in [1.165, 1.54) is 4.90 Å². The molecule has 1 aromatic carbocycles. The summed E-state index contributed by atoms with van der Waals surface area (Å²) < 4.78 is 5.54. The number of amides is 1. The van der Waals surface area contributed by atoms with Gasteiger partial charge in [-0.25, -0.2) is 4.79 Å². The first kappa shape index (κ1) is 15.3. The van der Waals surface area contributed by atoms with E-state index >= 15 is 0 Å². The van der Waals surface area contributed by atoms with E-state index < -0.39 is 24.0 Å². The van der Waals surface area contributed by atoms with Gasteiger partial charge in [0, 0.05) is 13.0 Å². The summed E-state index contributed by atoms with van der Waals surface area (Å²) in [7, 11) is 0. The van der Waals surface area contributed by atoms with E-state index in [9.17, 15) is 14.7 Å². The van der Waals surface area contributed by atoms with E-state index in [2.05, 4.69) is 0 Å². The molecule has 1 amide bonds. The van der Waals surface area contributed by atoms with Crippen molar-refractivity contribution in [2.45, 2.75) is 32.4 Å². The topological polar surface area (TPSA) is 87.1 Å². The maximum atomic E-state index is 12.1. The van der Waals surface area contributed by atoms with Gasteiger partial charge in [-0.1, -0.05) is 18.2 Å². The highest BCUT2D eigenvalue weighted by molar-refractivity contribution is 5.85. The lowest BCUT2D eigenvalue weighted by molar-refractivity contribution is -0.149. The lowest BCUT2D eigenvalue weighted by Gasteiger charge is -2.21. The molecule has 0 spiro atoms. The maximum Gasteiger partial charge on any atom is 0.326 e. The number of ether oxygens (including phenoxy) is 1. The number of benzene rings is 1. The summed E-state index contributed by atoms with van der Waals surface area (Å²) in [4.78, 5) is 24.4. The predicted molar refractivity (Wildman–Crippen MR) is 75.2 cm³/mol. The van der Waals surface area contributed by atoms with E-state index in [0.717, 1.165) is 11.1 Å². The summed E-state index contributed by atoms with van der Waals surface area (Å²) in [5, 5.41) is 18.6. The van der Waals surface area contributed by atoms with E-state index in [4.69, 9.17) is 9.84 Å². The molecule has 114 valence electrons. The van der Waals surface area contributed by atoms with Crippen LogP contribution in [-0.4, -0.2) is 52.3 Å². The smallest absolute Gasteiger partial charge is 0.326 e. The third-order valence-electron chi connectivity index (χ3n) is 3.63. The van der Waals surface area contributed by atoms with Crippen molar-refractivity contribution in [3.8, 4) is 5.75 Å². The second-order valence-electron chi connectivity index (χ2n) is 5.30. The molecule has 1 saturated heterocycles. The number of β-amino-alcohol motifs (C(OH)–C–C–N with tert-alkyl or cyclic N) is 1. The second-order valence-corrected chi connectivity index (χ2v) is 5.30. The molecule has 0 unspecified atom stereocenters. The summed E-state index contributed by atoms with van der Waals surface area (Å²) in [5.41, 5.74) is 1.83. The molecule has 6 heteroatoms. The van der Waals surface area contributed by atoms with Crippen LogP contribution >= 0.6 is 0 Å². The van der Waals surface area contributed by atoms with Crippen LogP contribution in [0.1, 0.15) is 17.5 Å². The number of aliphatic carboxylic acids is 1. The van der Waals surface area contributed by atoms with Gasteiger partial charge in [0.2, 0.25) is 0 Å². The summed E-state index contributed by atoms with van der Waals surface area (Å²) in [5.74, 6) is -0.897. The number of hydrogen-bond acceptors (Lipinski definition) is 4. The first-order valence-corrected chi connectivity index (χ1v) is 6.79. The van der Waals surface area contributed by atoms with Gasteiger partial charge >= 0.3 is 5.97 Å². The molecule has 0 aliphatic carbocycles. The molecule has 2 rings (SSSR count). The lowest BCUT2D eigenvalue weighted by Crippen LogP contribution is -2.43. The molecule has 2 atom stereocenters. The Kier molecular flexibility index (Phi) is 4.47. The van der Waals surface area contributed by atoms with Crippen LogP contribution < -0.4 is 4.74 Å². The normalized spacial score (nSPS) is 21.4. The summed E-state index contributed by atoms with van der Waals surface area (Å²) >= 11 is 0. The number of para-hydroxylation sites is 1. The van der Waals surface area contributed by atoms with Crippen molar-refractivity contribution in [3.63, 3.8) is 0 Å². The van der Waals surface area contributed by atoms with Gasteiger partial charge in [0.05, 0.1) is 6.10 Å². The van der Waals surface area contributed by atoms with Gasteiger partial charge in [0.15, 0.2) is 6.61 Å². The average molecular weight is 293 g/mol. The number of rotatable bonds is 4. The number of hydrogen-bond donors (Lipinski definition) is 2. The van der Waals surface area contributed by atoms with Crippen molar-refractivity contribution in [2.75, 3.05) is 13.2 Å². The van der Waals surface area contributed by atoms with E-state index in [1.807, 2.05) is 32.0 Å². The zero-order valence-corrected chi connectivity index (χ0v) is 12.1. The molecule has 0 saturated carbocycles. The fourth-order valence-electron chi connectivity index (χ4n) is 2.57. The molecule has 1 aromatic rings. The Morgan fingerprint density at radius 1 is 1.33 bits per heavy atom. The van der Waals surface area contributed by atoms with Crippen molar-refractivity contribution >= 4 is 11.9 Å². The summed E-state index contributed by atoms with van der Waals surface area (Å²) in [6, 6.07) is 4.68. The second kappa shape index (κ2) is 6.13. The van der Waals surface area contributed by atoms with Crippen LogP contribution in [0.25, 0.3) is 0 Å². The molecular weight excluding hydrogens is 274 g/mol. The van der Waals surface area contributed by atoms with E-state index in [-0.39, 0.29) is 19.6 Å². The first-order valence-electron chi connectivity index (χ1n) is 6.79. The Morgan fingerprint density at radius 2 is 1.95 bits per heavy atom. The standard InChI is InChI=1S/C15H19NO5/c1-9-4-3-5-10(2)14(9)21-8-13(18)16-7-11(17)6-12(16)15(19)20/h3-5,11-12,17H,6-8H2,1-2H3,(H,19,20)/t11-,12+/m1/s1. The molecule has 0 radical (unpaired) electrons. The molecule has 0 aromatic heterocycles. The van der Waals surface area contributed by atoms with Gasteiger partial charge in [0.25, 0.3) is 5.91 Å². The fourth-order valence-corrected chi connectivity index (χ4v) is 2.57. The van der Waals surface area contributed by atoms with Gasteiger partial charge in [-0.2, -0.15) is 0 Å². The molecular formula is C15H19NO5. The number of aryl methyl sites for hydroxylation is 2. The van der Waals surface area contributed by atoms with Crippen LogP contribution in [0.4, 0.5) is 0 Å². The molecule has 1 aliphatic rings. The van der Waals surface area contributed by atoms with Crippen LogP contribution in [0.15, 0.2) is 18.2 Å². The minimum atomic E-state index is -1.10. The molecule has 1 heterocycles. The van der Waals surface area contributed by atoms with Crippen molar-refractivity contribution in [1.29, 1.82) is 0 Å². The Balaban J connectivity index is 2.03. The molecule has 1 aliphatic heterocycles. The number of carboxylic acid groups (broad SMARTS) is 1. The number of likely N-dealkylation sites (tertiary alicyclic amines) is 1. The lowest BCUT2D eigenvalue weighted by atomic mass is 10.1. The van der Waals surface area contributed by atoms with Crippen LogP contribution in [0.3, 0.4) is 0 Å². The highest BCUT2D eigenvalue weighted by atomic mass is 16.5. The van der Waals surface area contributed by atoms with E-state index in [0.29, 0.717) is 5.75 Å². The van der Waals surface area contributed by atoms with Crippen LogP contribution in [0.5, 0.6) is 5.75 Å². The van der Waals surface area contributed by atoms with E-state index in [1.54, 1.807) is 0 Å². The van der Waals surface area contributed by atoms with Crippen molar-refractivity contribution in [1.82, 2.24) is 4.90 Å². The number of carboxylic acids is 1. The molecule has 21 heavy (non-hydrogen) atoms. The number of nitrogens with zero attached hydrogens (tertiary/aromatic N) is 1. The summed E-state index contributed by atoms with van der Waals surface area (Å²) in [6.45, 7) is 3.56. The third kappa shape index (κ3) is 3.33. The Bertz CT molecular complexity index is 537. The first-order chi connectivity index (χ1) is 9.90. The van der Waals surface area contributed by atoms with Crippen molar-refractivity contribution < 1.29 is 24.5 Å². The average Bonchev–Trinajstić information content (AvgIpc) is 2.80. The number of aliphatic hydroxyl groups is 1. The zero-order chi connectivity index (χ0) is 15.6. The quantitative estimate of drug-likeness (QED) is 0.854. The van der Waals surface area contributed by atoms with Crippen molar-refractivity contribution in [3.05, 3.63) is 29.3 Å².